The number of carbonyl (C=O) groups excluding carboxylic acids is 2. The first-order chi connectivity index (χ1) is 16.4. The maximum atomic E-state index is 12.5. The number of benzene rings is 2. The van der Waals surface area contributed by atoms with Crippen molar-refractivity contribution >= 4 is 18.0 Å². The topological polar surface area (TPSA) is 114 Å². The van der Waals surface area contributed by atoms with Gasteiger partial charge in [-0.15, -0.1) is 0 Å². The van der Waals surface area contributed by atoms with Crippen molar-refractivity contribution in [1.29, 1.82) is 0 Å². The molecule has 3 atom stereocenters. The molecule has 0 spiro atoms. The summed E-state index contributed by atoms with van der Waals surface area (Å²) < 4.78 is 10.9. The molecule has 0 bridgehead atoms. The van der Waals surface area contributed by atoms with Crippen LogP contribution in [0.4, 0.5) is 4.79 Å². The van der Waals surface area contributed by atoms with E-state index in [1.54, 1.807) is 6.92 Å². The predicted molar refractivity (Wildman–Crippen MR) is 125 cm³/mol. The van der Waals surface area contributed by atoms with Crippen molar-refractivity contribution in [2.24, 2.45) is 5.92 Å². The quantitative estimate of drug-likeness (QED) is 0.550. The Hall–Kier alpha value is -3.39. The van der Waals surface area contributed by atoms with Gasteiger partial charge in [0.2, 0.25) is 5.91 Å². The first kappa shape index (κ1) is 23.8. The Morgan fingerprint density at radius 3 is 2.38 bits per heavy atom. The van der Waals surface area contributed by atoms with Crippen LogP contribution >= 0.6 is 0 Å². The van der Waals surface area contributed by atoms with Crippen LogP contribution < -0.4 is 10.6 Å². The number of carboxylic acids is 1. The number of ether oxygens (including phenoxy) is 2. The molecule has 34 heavy (non-hydrogen) atoms. The Kier molecular flexibility index (Phi) is 7.47. The molecule has 0 aromatic heterocycles. The standard InChI is InChI=1S/C26H30N2O6/c1-16(12-24(29)28-23-10-11-33-14-17(23)13-25(30)31)27-26(32)34-15-22-20-8-4-2-6-18(20)19-7-3-5-9-21(19)22/h2-9,16-17,22-23H,10-15H2,1H3,(H,27,32)(H,28,29)(H,30,31)/t16-,17?,23?/m0/s1. The molecule has 2 unspecified atom stereocenters. The molecule has 2 amide bonds. The van der Waals surface area contributed by atoms with E-state index in [9.17, 15) is 14.4 Å². The Balaban J connectivity index is 1.27. The zero-order valence-electron chi connectivity index (χ0n) is 19.2. The highest BCUT2D eigenvalue weighted by atomic mass is 16.5. The molecule has 4 rings (SSSR count). The molecule has 1 saturated heterocycles. The van der Waals surface area contributed by atoms with Gasteiger partial charge in [0.05, 0.1) is 13.0 Å². The van der Waals surface area contributed by atoms with E-state index in [0.717, 1.165) is 22.3 Å². The number of carboxylic acid groups (broad SMARTS) is 1. The van der Waals surface area contributed by atoms with E-state index < -0.39 is 18.1 Å². The molecule has 8 heteroatoms. The van der Waals surface area contributed by atoms with Gasteiger partial charge in [-0.1, -0.05) is 48.5 Å². The lowest BCUT2D eigenvalue weighted by atomic mass is 9.92. The molecule has 1 aliphatic heterocycles. The minimum Gasteiger partial charge on any atom is -0.481 e. The van der Waals surface area contributed by atoms with Crippen molar-refractivity contribution < 1.29 is 29.0 Å². The maximum absolute atomic E-state index is 12.5. The number of aliphatic carboxylic acids is 1. The van der Waals surface area contributed by atoms with Gasteiger partial charge in [0, 0.05) is 36.9 Å². The molecule has 1 fully saturated rings. The van der Waals surface area contributed by atoms with Gasteiger partial charge < -0.3 is 25.2 Å². The fourth-order valence-corrected chi connectivity index (χ4v) is 4.85. The molecule has 3 N–H and O–H groups in total. The number of alkyl carbamates (subject to hydrolysis) is 1. The summed E-state index contributed by atoms with van der Waals surface area (Å²) in [7, 11) is 0. The van der Waals surface area contributed by atoms with Crippen LogP contribution in [-0.4, -0.2) is 55.0 Å². The molecule has 1 heterocycles. The minimum absolute atomic E-state index is 0.0311. The molecular formula is C26H30N2O6. The van der Waals surface area contributed by atoms with Gasteiger partial charge in [0.15, 0.2) is 0 Å². The number of hydrogen-bond donors (Lipinski definition) is 3. The molecule has 0 radical (unpaired) electrons. The second kappa shape index (κ2) is 10.7. The number of fused-ring (bicyclic) bond motifs is 3. The van der Waals surface area contributed by atoms with E-state index in [0.29, 0.717) is 19.6 Å². The SMILES string of the molecule is C[C@@H](CC(=O)NC1CCOCC1CC(=O)O)NC(=O)OCC1c2ccccc2-c2ccccc21. The predicted octanol–water partition coefficient (Wildman–Crippen LogP) is 3.30. The molecule has 2 aromatic carbocycles. The van der Waals surface area contributed by atoms with Gasteiger partial charge in [-0.3, -0.25) is 9.59 Å². The summed E-state index contributed by atoms with van der Waals surface area (Å²) in [6.07, 6.45) is 0.00883. The largest absolute Gasteiger partial charge is 0.481 e. The van der Waals surface area contributed by atoms with Crippen LogP contribution in [0.15, 0.2) is 48.5 Å². The second-order valence-electron chi connectivity index (χ2n) is 8.97. The minimum atomic E-state index is -0.917. The molecule has 8 nitrogen and oxygen atoms in total. The van der Waals surface area contributed by atoms with Crippen LogP contribution in [0.3, 0.4) is 0 Å². The average molecular weight is 467 g/mol. The van der Waals surface area contributed by atoms with E-state index in [-0.39, 0.29) is 43.2 Å². The molecule has 1 aliphatic carbocycles. The van der Waals surface area contributed by atoms with E-state index >= 15 is 0 Å². The zero-order valence-corrected chi connectivity index (χ0v) is 19.2. The van der Waals surface area contributed by atoms with Gasteiger partial charge >= 0.3 is 12.1 Å². The second-order valence-corrected chi connectivity index (χ2v) is 8.97. The number of hydrogen-bond acceptors (Lipinski definition) is 5. The molecule has 0 saturated carbocycles. The fraction of sp³-hybridized carbons (Fsp3) is 0.423. The van der Waals surface area contributed by atoms with Crippen molar-refractivity contribution in [2.45, 2.75) is 44.2 Å². The van der Waals surface area contributed by atoms with Crippen LogP contribution in [0.25, 0.3) is 11.1 Å². The summed E-state index contributed by atoms with van der Waals surface area (Å²) in [6, 6.07) is 15.6. The van der Waals surface area contributed by atoms with Gasteiger partial charge in [0.25, 0.3) is 0 Å². The number of amides is 2. The molecule has 180 valence electrons. The summed E-state index contributed by atoms with van der Waals surface area (Å²) in [5.41, 5.74) is 4.59. The normalized spacial score (nSPS) is 20.0. The molecule has 2 aromatic rings. The highest BCUT2D eigenvalue weighted by molar-refractivity contribution is 5.80. The lowest BCUT2D eigenvalue weighted by molar-refractivity contribution is -0.140. The van der Waals surface area contributed by atoms with E-state index in [1.165, 1.54) is 0 Å². The van der Waals surface area contributed by atoms with Crippen LogP contribution in [-0.2, 0) is 19.1 Å². The Bertz CT molecular complexity index is 1010. The monoisotopic (exact) mass is 466 g/mol. The molecular weight excluding hydrogens is 436 g/mol. The third kappa shape index (κ3) is 5.56. The van der Waals surface area contributed by atoms with E-state index in [1.807, 2.05) is 24.3 Å². The third-order valence-electron chi connectivity index (χ3n) is 6.46. The zero-order chi connectivity index (χ0) is 24.1. The highest BCUT2D eigenvalue weighted by Crippen LogP contribution is 2.44. The first-order valence-corrected chi connectivity index (χ1v) is 11.6. The number of carbonyl (C=O) groups is 3. The lowest BCUT2D eigenvalue weighted by Crippen LogP contribution is -2.47. The summed E-state index contributed by atoms with van der Waals surface area (Å²) in [5, 5.41) is 14.7. The van der Waals surface area contributed by atoms with Gasteiger partial charge in [-0.2, -0.15) is 0 Å². The van der Waals surface area contributed by atoms with Crippen LogP contribution in [0.5, 0.6) is 0 Å². The van der Waals surface area contributed by atoms with Gasteiger partial charge in [-0.05, 0) is 35.6 Å². The van der Waals surface area contributed by atoms with Crippen LogP contribution in [0.1, 0.15) is 43.2 Å². The Morgan fingerprint density at radius 2 is 1.74 bits per heavy atom. The maximum Gasteiger partial charge on any atom is 0.407 e. The average Bonchev–Trinajstić information content (AvgIpc) is 3.12. The fourth-order valence-electron chi connectivity index (χ4n) is 4.85. The number of nitrogens with one attached hydrogen (secondary N) is 2. The summed E-state index contributed by atoms with van der Waals surface area (Å²) in [4.78, 5) is 36.0. The first-order valence-electron chi connectivity index (χ1n) is 11.6. The Labute approximate surface area is 198 Å². The molecule has 2 aliphatic rings. The number of rotatable bonds is 8. The van der Waals surface area contributed by atoms with Crippen molar-refractivity contribution in [3.8, 4) is 11.1 Å². The smallest absolute Gasteiger partial charge is 0.407 e. The van der Waals surface area contributed by atoms with Crippen molar-refractivity contribution in [2.75, 3.05) is 19.8 Å². The summed E-state index contributed by atoms with van der Waals surface area (Å²) >= 11 is 0. The summed E-state index contributed by atoms with van der Waals surface area (Å²) in [6.45, 7) is 2.73. The van der Waals surface area contributed by atoms with E-state index in [4.69, 9.17) is 14.6 Å². The van der Waals surface area contributed by atoms with Crippen molar-refractivity contribution in [3.05, 3.63) is 59.7 Å². The summed E-state index contributed by atoms with van der Waals surface area (Å²) in [5.74, 6) is -1.45. The lowest BCUT2D eigenvalue weighted by Gasteiger charge is -2.31. The van der Waals surface area contributed by atoms with Crippen LogP contribution in [0.2, 0.25) is 0 Å². The van der Waals surface area contributed by atoms with E-state index in [2.05, 4.69) is 34.9 Å². The Morgan fingerprint density at radius 1 is 1.09 bits per heavy atom. The van der Waals surface area contributed by atoms with Crippen molar-refractivity contribution in [1.82, 2.24) is 10.6 Å². The van der Waals surface area contributed by atoms with Crippen LogP contribution in [0, 0.1) is 5.92 Å². The third-order valence-corrected chi connectivity index (χ3v) is 6.46. The van der Waals surface area contributed by atoms with Gasteiger partial charge in [0.1, 0.15) is 6.61 Å². The van der Waals surface area contributed by atoms with Gasteiger partial charge in [-0.25, -0.2) is 4.79 Å². The highest BCUT2D eigenvalue weighted by Gasteiger charge is 2.30. The van der Waals surface area contributed by atoms with Crippen molar-refractivity contribution in [3.63, 3.8) is 0 Å².